The van der Waals surface area contributed by atoms with Crippen LogP contribution >= 0.6 is 0 Å². The molecular formula is C17H30N2. The number of anilines is 1. The summed E-state index contributed by atoms with van der Waals surface area (Å²) in [7, 11) is 2.18. The van der Waals surface area contributed by atoms with Crippen molar-refractivity contribution in [3.8, 4) is 0 Å². The van der Waals surface area contributed by atoms with E-state index < -0.39 is 0 Å². The zero-order valence-electron chi connectivity index (χ0n) is 13.0. The molecule has 0 radical (unpaired) electrons. The van der Waals surface area contributed by atoms with Gasteiger partial charge in [0.2, 0.25) is 0 Å². The zero-order valence-corrected chi connectivity index (χ0v) is 13.0. The molecule has 1 aromatic rings. The van der Waals surface area contributed by atoms with E-state index in [0.29, 0.717) is 0 Å². The van der Waals surface area contributed by atoms with Crippen LogP contribution in [0.1, 0.15) is 38.7 Å². The Labute approximate surface area is 119 Å². The second-order valence-corrected chi connectivity index (χ2v) is 5.98. The predicted molar refractivity (Wildman–Crippen MR) is 85.7 cm³/mol. The van der Waals surface area contributed by atoms with Crippen LogP contribution in [0.3, 0.4) is 0 Å². The molecule has 108 valence electrons. The Morgan fingerprint density at radius 3 is 2.26 bits per heavy atom. The third-order valence-corrected chi connectivity index (χ3v) is 4.02. The van der Waals surface area contributed by atoms with Gasteiger partial charge in [0.1, 0.15) is 0 Å². The molecule has 0 heterocycles. The number of nitrogens with zero attached hydrogens (tertiary/aromatic N) is 1. The lowest BCUT2D eigenvalue weighted by Crippen LogP contribution is -2.21. The first kappa shape index (κ1) is 16.0. The van der Waals surface area contributed by atoms with Gasteiger partial charge in [0.15, 0.2) is 0 Å². The number of benzene rings is 1. The molecule has 0 aliphatic carbocycles. The average molecular weight is 262 g/mol. The van der Waals surface area contributed by atoms with Gasteiger partial charge in [-0.25, -0.2) is 0 Å². The number of rotatable bonds is 8. The summed E-state index contributed by atoms with van der Waals surface area (Å²) in [6, 6.07) is 8.76. The first-order valence-electron chi connectivity index (χ1n) is 7.52. The number of hydrogen-bond donors (Lipinski definition) is 1. The van der Waals surface area contributed by atoms with Crippen LogP contribution in [0.4, 0.5) is 5.69 Å². The van der Waals surface area contributed by atoms with Crippen LogP contribution in [0.5, 0.6) is 0 Å². The van der Waals surface area contributed by atoms with E-state index in [1.165, 1.54) is 24.1 Å². The molecule has 0 saturated carbocycles. The van der Waals surface area contributed by atoms with Crippen LogP contribution < -0.4 is 10.6 Å². The van der Waals surface area contributed by atoms with E-state index in [2.05, 4.69) is 57.0 Å². The zero-order chi connectivity index (χ0) is 14.3. The van der Waals surface area contributed by atoms with Crippen LogP contribution in [0.15, 0.2) is 24.3 Å². The van der Waals surface area contributed by atoms with Crippen molar-refractivity contribution in [3.63, 3.8) is 0 Å². The van der Waals surface area contributed by atoms with Crippen molar-refractivity contribution in [2.75, 3.05) is 25.0 Å². The molecule has 1 atom stereocenters. The third kappa shape index (κ3) is 5.65. The maximum atomic E-state index is 5.69. The third-order valence-electron chi connectivity index (χ3n) is 4.02. The summed E-state index contributed by atoms with van der Waals surface area (Å²) >= 11 is 0. The highest BCUT2D eigenvalue weighted by Crippen LogP contribution is 2.21. The number of aryl methyl sites for hydroxylation is 1. The molecule has 2 nitrogen and oxygen atoms in total. The molecule has 1 rings (SSSR count). The largest absolute Gasteiger partial charge is 0.375 e. The molecule has 0 bridgehead atoms. The van der Waals surface area contributed by atoms with Crippen LogP contribution in [0.2, 0.25) is 0 Å². The molecule has 0 amide bonds. The number of hydrogen-bond acceptors (Lipinski definition) is 2. The molecule has 0 fully saturated rings. The fraction of sp³-hybridized carbons (Fsp3) is 0.647. The molecule has 1 aromatic carbocycles. The van der Waals surface area contributed by atoms with Gasteiger partial charge in [0.05, 0.1) is 0 Å². The van der Waals surface area contributed by atoms with Gasteiger partial charge in [-0.1, -0.05) is 31.5 Å². The molecule has 19 heavy (non-hydrogen) atoms. The van der Waals surface area contributed by atoms with Crippen LogP contribution in [0.25, 0.3) is 0 Å². The Morgan fingerprint density at radius 1 is 1.11 bits per heavy atom. The molecule has 0 aromatic heterocycles. The Hall–Kier alpha value is -1.02. The molecule has 0 aliphatic heterocycles. The Kier molecular flexibility index (Phi) is 6.93. The number of nitrogens with two attached hydrogens (primary N) is 1. The van der Waals surface area contributed by atoms with Crippen LogP contribution in [0, 0.1) is 18.8 Å². The van der Waals surface area contributed by atoms with Crippen molar-refractivity contribution < 1.29 is 0 Å². The van der Waals surface area contributed by atoms with E-state index in [1.807, 2.05) is 0 Å². The second-order valence-electron chi connectivity index (χ2n) is 5.98. The molecule has 1 unspecified atom stereocenters. The summed E-state index contributed by atoms with van der Waals surface area (Å²) in [5.74, 6) is 1.52. The summed E-state index contributed by atoms with van der Waals surface area (Å²) in [4.78, 5) is 2.35. The first-order valence-corrected chi connectivity index (χ1v) is 7.52. The molecule has 2 N–H and O–H groups in total. The standard InChI is InChI=1S/C17H30N2/c1-14(2)16(11-12-18)6-5-13-19(4)17-9-7-15(3)8-10-17/h7-10,14,16H,5-6,11-13,18H2,1-4H3. The Bertz CT molecular complexity index is 343. The summed E-state index contributed by atoms with van der Waals surface area (Å²) in [5.41, 5.74) is 8.32. The predicted octanol–water partition coefficient (Wildman–Crippen LogP) is 3.83. The van der Waals surface area contributed by atoms with Gasteiger partial charge in [0, 0.05) is 19.3 Å². The van der Waals surface area contributed by atoms with E-state index >= 15 is 0 Å². The maximum absolute atomic E-state index is 5.69. The second kappa shape index (κ2) is 8.21. The SMILES string of the molecule is Cc1ccc(N(C)CCCC(CCN)C(C)C)cc1. The van der Waals surface area contributed by atoms with Crippen LogP contribution in [-0.4, -0.2) is 20.1 Å². The van der Waals surface area contributed by atoms with Crippen molar-refractivity contribution in [1.29, 1.82) is 0 Å². The van der Waals surface area contributed by atoms with Gasteiger partial charge in [-0.05, 0) is 56.7 Å². The van der Waals surface area contributed by atoms with E-state index in [0.717, 1.165) is 31.3 Å². The van der Waals surface area contributed by atoms with Gasteiger partial charge in [0.25, 0.3) is 0 Å². The molecule has 0 aliphatic rings. The van der Waals surface area contributed by atoms with Crippen molar-refractivity contribution >= 4 is 5.69 Å². The normalized spacial score (nSPS) is 12.7. The molecular weight excluding hydrogens is 232 g/mol. The quantitative estimate of drug-likeness (QED) is 0.771. The van der Waals surface area contributed by atoms with Gasteiger partial charge in [-0.2, -0.15) is 0 Å². The molecule has 0 spiro atoms. The smallest absolute Gasteiger partial charge is 0.0363 e. The summed E-state index contributed by atoms with van der Waals surface area (Å²) in [6.07, 6.45) is 3.68. The van der Waals surface area contributed by atoms with Crippen LogP contribution in [-0.2, 0) is 0 Å². The summed E-state index contributed by atoms with van der Waals surface area (Å²) < 4.78 is 0. The minimum atomic E-state index is 0.744. The summed E-state index contributed by atoms with van der Waals surface area (Å²) in [6.45, 7) is 8.69. The topological polar surface area (TPSA) is 29.3 Å². The first-order chi connectivity index (χ1) is 9.04. The minimum absolute atomic E-state index is 0.744. The van der Waals surface area contributed by atoms with E-state index in [9.17, 15) is 0 Å². The van der Waals surface area contributed by atoms with Gasteiger partial charge in [-0.15, -0.1) is 0 Å². The van der Waals surface area contributed by atoms with Crippen molar-refractivity contribution in [1.82, 2.24) is 0 Å². The average Bonchev–Trinajstić information content (AvgIpc) is 2.38. The lowest BCUT2D eigenvalue weighted by atomic mass is 9.88. The monoisotopic (exact) mass is 262 g/mol. The highest BCUT2D eigenvalue weighted by Gasteiger charge is 2.12. The van der Waals surface area contributed by atoms with E-state index in [-0.39, 0.29) is 0 Å². The Morgan fingerprint density at radius 2 is 1.74 bits per heavy atom. The maximum Gasteiger partial charge on any atom is 0.0363 e. The Balaban J connectivity index is 2.37. The van der Waals surface area contributed by atoms with Crippen molar-refractivity contribution in [2.45, 2.75) is 40.0 Å². The highest BCUT2D eigenvalue weighted by molar-refractivity contribution is 5.46. The van der Waals surface area contributed by atoms with Gasteiger partial charge < -0.3 is 10.6 Å². The molecule has 2 heteroatoms. The lowest BCUT2D eigenvalue weighted by molar-refractivity contribution is 0.334. The van der Waals surface area contributed by atoms with E-state index in [1.54, 1.807) is 0 Å². The van der Waals surface area contributed by atoms with Gasteiger partial charge in [-0.3, -0.25) is 0 Å². The lowest BCUT2D eigenvalue weighted by Gasteiger charge is -2.23. The van der Waals surface area contributed by atoms with Gasteiger partial charge >= 0.3 is 0 Å². The van der Waals surface area contributed by atoms with Crippen molar-refractivity contribution in [2.24, 2.45) is 17.6 Å². The fourth-order valence-electron chi connectivity index (χ4n) is 2.54. The molecule has 0 saturated heterocycles. The highest BCUT2D eigenvalue weighted by atomic mass is 15.1. The fourth-order valence-corrected chi connectivity index (χ4v) is 2.54. The minimum Gasteiger partial charge on any atom is -0.375 e. The van der Waals surface area contributed by atoms with E-state index in [4.69, 9.17) is 5.73 Å². The summed E-state index contributed by atoms with van der Waals surface area (Å²) in [5, 5.41) is 0. The van der Waals surface area contributed by atoms with Crippen molar-refractivity contribution in [3.05, 3.63) is 29.8 Å².